The zero-order chi connectivity index (χ0) is 18.7. The highest BCUT2D eigenvalue weighted by molar-refractivity contribution is 7.84. The summed E-state index contributed by atoms with van der Waals surface area (Å²) in [6, 6.07) is 8.59. The normalized spacial score (nSPS) is 14.9. The van der Waals surface area contributed by atoms with Crippen LogP contribution in [0.5, 0.6) is 0 Å². The minimum atomic E-state index is -1.45. The van der Waals surface area contributed by atoms with Crippen LogP contribution >= 0.6 is 0 Å². The van der Waals surface area contributed by atoms with Gasteiger partial charge in [0.2, 0.25) is 0 Å². The van der Waals surface area contributed by atoms with Gasteiger partial charge in [-0.15, -0.1) is 0 Å². The fourth-order valence-electron chi connectivity index (χ4n) is 2.77. The molecule has 0 aliphatic carbocycles. The molecule has 6 nitrogen and oxygen atoms in total. The smallest absolute Gasteiger partial charge is 0.274 e. The van der Waals surface area contributed by atoms with Crippen molar-refractivity contribution in [1.82, 2.24) is 9.88 Å². The maximum atomic E-state index is 13.9. The van der Waals surface area contributed by atoms with Crippen molar-refractivity contribution < 1.29 is 18.2 Å². The number of pyridine rings is 1. The molecule has 1 N–H and O–H groups in total. The second-order valence-electron chi connectivity index (χ2n) is 5.96. The van der Waals surface area contributed by atoms with E-state index < -0.39 is 22.5 Å². The van der Waals surface area contributed by atoms with Crippen LogP contribution in [0.2, 0.25) is 0 Å². The molecule has 0 saturated carbocycles. The maximum absolute atomic E-state index is 13.9. The molecule has 1 aliphatic rings. The summed E-state index contributed by atoms with van der Waals surface area (Å²) >= 11 is 0. The molecule has 1 atom stereocenters. The summed E-state index contributed by atoms with van der Waals surface area (Å²) in [6.45, 7) is 1.39. The minimum Gasteiger partial charge on any atom is -0.337 e. The molecule has 3 rings (SSSR count). The van der Waals surface area contributed by atoms with Gasteiger partial charge in [0, 0.05) is 25.0 Å². The van der Waals surface area contributed by atoms with Crippen molar-refractivity contribution in [2.75, 3.05) is 24.7 Å². The van der Waals surface area contributed by atoms with Gasteiger partial charge in [0.15, 0.2) is 0 Å². The lowest BCUT2D eigenvalue weighted by molar-refractivity contribution is 0.0787. The van der Waals surface area contributed by atoms with E-state index in [1.807, 2.05) is 0 Å². The van der Waals surface area contributed by atoms with Crippen LogP contribution in [0.25, 0.3) is 0 Å². The van der Waals surface area contributed by atoms with Gasteiger partial charge in [-0.3, -0.25) is 13.8 Å². The molecule has 2 amide bonds. The highest BCUT2D eigenvalue weighted by atomic mass is 32.2. The first-order valence-corrected chi connectivity index (χ1v) is 9.72. The summed E-state index contributed by atoms with van der Waals surface area (Å²) in [4.78, 5) is 30.7. The van der Waals surface area contributed by atoms with E-state index in [0.717, 1.165) is 18.9 Å². The van der Waals surface area contributed by atoms with Gasteiger partial charge in [-0.1, -0.05) is 6.07 Å². The van der Waals surface area contributed by atoms with Crippen molar-refractivity contribution in [1.29, 1.82) is 0 Å². The monoisotopic (exact) mass is 375 g/mol. The van der Waals surface area contributed by atoms with Crippen LogP contribution in [0.1, 0.15) is 33.8 Å². The van der Waals surface area contributed by atoms with Crippen LogP contribution in [-0.4, -0.2) is 45.3 Å². The molecule has 26 heavy (non-hydrogen) atoms. The van der Waals surface area contributed by atoms with Gasteiger partial charge < -0.3 is 10.2 Å². The molecule has 1 aliphatic heterocycles. The number of carbonyl (C=O) groups is 2. The number of aromatic nitrogens is 1. The number of anilines is 1. The molecule has 1 saturated heterocycles. The Morgan fingerprint density at radius 3 is 2.50 bits per heavy atom. The fourth-order valence-corrected chi connectivity index (χ4v) is 3.36. The first kappa shape index (κ1) is 18.2. The SMILES string of the molecule is CS(=O)c1ccc(NC(=O)c2cccc(C(=O)N3CCCC3)n2)cc1F. The molecule has 136 valence electrons. The third-order valence-corrected chi connectivity index (χ3v) is 5.04. The van der Waals surface area contributed by atoms with Crippen LogP contribution in [0.15, 0.2) is 41.3 Å². The lowest BCUT2D eigenvalue weighted by atomic mass is 10.2. The standard InChI is InChI=1S/C18H18FN3O3S/c1-26(25)16-8-7-12(11-13(16)19)20-17(23)14-5-4-6-15(21-14)18(24)22-9-2-3-10-22/h4-8,11H,2-3,9-10H2,1H3,(H,20,23). The van der Waals surface area contributed by atoms with Gasteiger partial charge in [0.25, 0.3) is 11.8 Å². The third-order valence-electron chi connectivity index (χ3n) is 4.09. The Hall–Kier alpha value is -2.61. The van der Waals surface area contributed by atoms with E-state index in [-0.39, 0.29) is 27.9 Å². The number of carbonyl (C=O) groups excluding carboxylic acids is 2. The minimum absolute atomic E-state index is 0.0681. The van der Waals surface area contributed by atoms with Crippen molar-refractivity contribution in [2.24, 2.45) is 0 Å². The van der Waals surface area contributed by atoms with Crippen molar-refractivity contribution in [3.63, 3.8) is 0 Å². The average Bonchev–Trinajstić information content (AvgIpc) is 3.15. The molecule has 0 bridgehead atoms. The largest absolute Gasteiger partial charge is 0.337 e. The van der Waals surface area contributed by atoms with Crippen LogP contribution in [-0.2, 0) is 10.8 Å². The topological polar surface area (TPSA) is 79.4 Å². The number of benzene rings is 1. The highest BCUT2D eigenvalue weighted by Gasteiger charge is 2.21. The highest BCUT2D eigenvalue weighted by Crippen LogP contribution is 2.18. The lowest BCUT2D eigenvalue weighted by Crippen LogP contribution is -2.29. The molecule has 8 heteroatoms. The Kier molecular flexibility index (Phi) is 5.41. The Bertz CT molecular complexity index is 882. The Morgan fingerprint density at radius 1 is 1.15 bits per heavy atom. The zero-order valence-corrected chi connectivity index (χ0v) is 15.0. The van der Waals surface area contributed by atoms with E-state index in [9.17, 15) is 18.2 Å². The number of halogens is 1. The summed E-state index contributed by atoms with van der Waals surface area (Å²) in [6.07, 6.45) is 3.31. The lowest BCUT2D eigenvalue weighted by Gasteiger charge is -2.14. The summed E-state index contributed by atoms with van der Waals surface area (Å²) in [5.41, 5.74) is 0.501. The van der Waals surface area contributed by atoms with E-state index in [1.165, 1.54) is 24.5 Å². The second kappa shape index (κ2) is 7.74. The number of hydrogen-bond donors (Lipinski definition) is 1. The first-order valence-electron chi connectivity index (χ1n) is 8.16. The number of rotatable bonds is 4. The van der Waals surface area contributed by atoms with Gasteiger partial charge in [0.05, 0.1) is 15.7 Å². The number of likely N-dealkylation sites (tertiary alicyclic amines) is 1. The van der Waals surface area contributed by atoms with E-state index in [1.54, 1.807) is 17.0 Å². The fraction of sp³-hybridized carbons (Fsp3) is 0.278. The zero-order valence-electron chi connectivity index (χ0n) is 14.2. The number of nitrogens with one attached hydrogen (secondary N) is 1. The molecule has 1 unspecified atom stereocenters. The molecule has 1 aromatic carbocycles. The van der Waals surface area contributed by atoms with E-state index in [0.29, 0.717) is 13.1 Å². The average molecular weight is 375 g/mol. The van der Waals surface area contributed by atoms with E-state index >= 15 is 0 Å². The van der Waals surface area contributed by atoms with Gasteiger partial charge in [-0.05, 0) is 43.2 Å². The Morgan fingerprint density at radius 2 is 1.85 bits per heavy atom. The summed E-state index contributed by atoms with van der Waals surface area (Å²) < 4.78 is 25.3. The molecule has 0 radical (unpaired) electrons. The molecule has 1 fully saturated rings. The van der Waals surface area contributed by atoms with Crippen molar-refractivity contribution in [3.8, 4) is 0 Å². The number of nitrogens with zero attached hydrogens (tertiary/aromatic N) is 2. The molecular formula is C18H18FN3O3S. The predicted molar refractivity (Wildman–Crippen MR) is 96.1 cm³/mol. The number of amides is 2. The van der Waals surface area contributed by atoms with Crippen molar-refractivity contribution >= 4 is 28.3 Å². The molecular weight excluding hydrogens is 357 g/mol. The van der Waals surface area contributed by atoms with Gasteiger partial charge in [0.1, 0.15) is 17.2 Å². The van der Waals surface area contributed by atoms with Crippen LogP contribution in [0.4, 0.5) is 10.1 Å². The van der Waals surface area contributed by atoms with Crippen molar-refractivity contribution in [2.45, 2.75) is 17.7 Å². The van der Waals surface area contributed by atoms with Gasteiger partial charge >= 0.3 is 0 Å². The third kappa shape index (κ3) is 3.96. The summed E-state index contributed by atoms with van der Waals surface area (Å²) in [5.74, 6) is -1.40. The summed E-state index contributed by atoms with van der Waals surface area (Å²) in [5, 5.41) is 2.54. The van der Waals surface area contributed by atoms with Crippen molar-refractivity contribution in [3.05, 3.63) is 53.6 Å². The maximum Gasteiger partial charge on any atom is 0.274 e. The predicted octanol–water partition coefficient (Wildman–Crippen LogP) is 2.45. The quantitative estimate of drug-likeness (QED) is 0.890. The molecule has 1 aromatic heterocycles. The second-order valence-corrected chi connectivity index (χ2v) is 7.31. The molecule has 2 heterocycles. The van der Waals surface area contributed by atoms with E-state index in [2.05, 4.69) is 10.3 Å². The number of hydrogen-bond acceptors (Lipinski definition) is 4. The van der Waals surface area contributed by atoms with Gasteiger partial charge in [-0.25, -0.2) is 9.37 Å². The van der Waals surface area contributed by atoms with E-state index in [4.69, 9.17) is 0 Å². The first-order chi connectivity index (χ1) is 12.5. The Balaban J connectivity index is 1.76. The van der Waals surface area contributed by atoms with Crippen LogP contribution in [0, 0.1) is 5.82 Å². The molecule has 0 spiro atoms. The summed E-state index contributed by atoms with van der Waals surface area (Å²) in [7, 11) is -1.45. The Labute approximate surface area is 152 Å². The molecule has 2 aromatic rings. The van der Waals surface area contributed by atoms with Crippen LogP contribution < -0.4 is 5.32 Å². The van der Waals surface area contributed by atoms with Gasteiger partial charge in [-0.2, -0.15) is 0 Å². The van der Waals surface area contributed by atoms with Crippen LogP contribution in [0.3, 0.4) is 0 Å².